The van der Waals surface area contributed by atoms with Crippen LogP contribution in [-0.4, -0.2) is 33.5 Å². The number of benzene rings is 2. The highest BCUT2D eigenvalue weighted by molar-refractivity contribution is 6.00. The maximum Gasteiger partial charge on any atom is 0.412 e. The van der Waals surface area contributed by atoms with Crippen LogP contribution in [0.2, 0.25) is 0 Å². The van der Waals surface area contributed by atoms with E-state index in [-0.39, 0.29) is 0 Å². The second kappa shape index (κ2) is 9.01. The Hall–Kier alpha value is -2.63. The fourth-order valence-electron chi connectivity index (χ4n) is 2.44. The molecule has 0 spiro atoms. The molecule has 0 aliphatic heterocycles. The fourth-order valence-corrected chi connectivity index (χ4v) is 2.44. The van der Waals surface area contributed by atoms with Gasteiger partial charge in [-0.15, -0.1) is 0 Å². The highest BCUT2D eigenvalue weighted by atomic mass is 16.6. The summed E-state index contributed by atoms with van der Waals surface area (Å²) in [7, 11) is 3.08. The zero-order valence-electron chi connectivity index (χ0n) is 15.2. The van der Waals surface area contributed by atoms with E-state index in [0.717, 1.165) is 18.2 Å². The van der Waals surface area contributed by atoms with Crippen LogP contribution in [0.25, 0.3) is 10.8 Å². The molecule has 0 atom stereocenters. The molecule has 0 aliphatic carbocycles. The third-order valence-corrected chi connectivity index (χ3v) is 3.54. The molecule has 0 saturated heterocycles. The molecule has 1 N–H and O–H groups in total. The predicted octanol–water partition coefficient (Wildman–Crippen LogP) is 4.14. The lowest BCUT2D eigenvalue weighted by Gasteiger charge is -2.18. The van der Waals surface area contributed by atoms with E-state index in [1.165, 1.54) is 7.05 Å². The van der Waals surface area contributed by atoms with Crippen LogP contribution in [0.15, 0.2) is 24.3 Å². The number of fused-ring (bicyclic) bond motifs is 1. The van der Waals surface area contributed by atoms with Crippen molar-refractivity contribution >= 4 is 16.9 Å². The van der Waals surface area contributed by atoms with Crippen molar-refractivity contribution in [1.82, 2.24) is 5.32 Å². The topological polar surface area (TPSA) is 66.0 Å². The predicted molar refractivity (Wildman–Crippen MR) is 97.2 cm³/mol. The standard InChI is InChI=1S/C19H25NO5/c1-5-10-23-16-12-15(25-19(21)20-3)17-13(18(16)24-11-6-2)8-7-9-14(17)22-4/h7-9,12H,5-6,10-11H2,1-4H3,(H,20,21). The first-order chi connectivity index (χ1) is 12.2. The molecule has 0 aliphatic rings. The fraction of sp³-hybridized carbons (Fsp3) is 0.421. The molecule has 2 aromatic rings. The second-order valence-electron chi connectivity index (χ2n) is 5.42. The number of rotatable bonds is 8. The van der Waals surface area contributed by atoms with Gasteiger partial charge in [0, 0.05) is 18.5 Å². The van der Waals surface area contributed by atoms with Crippen molar-refractivity contribution in [2.45, 2.75) is 26.7 Å². The summed E-state index contributed by atoms with van der Waals surface area (Å²) >= 11 is 0. The van der Waals surface area contributed by atoms with Gasteiger partial charge < -0.3 is 24.3 Å². The molecule has 0 radical (unpaired) electrons. The Morgan fingerprint density at radius 2 is 1.76 bits per heavy atom. The van der Waals surface area contributed by atoms with Crippen molar-refractivity contribution in [1.29, 1.82) is 0 Å². The van der Waals surface area contributed by atoms with Gasteiger partial charge in [-0.2, -0.15) is 0 Å². The van der Waals surface area contributed by atoms with Crippen molar-refractivity contribution in [3.8, 4) is 23.0 Å². The SMILES string of the molecule is CCCOc1cc(OC(=O)NC)c2c(OC)cccc2c1OCCC. The van der Waals surface area contributed by atoms with Gasteiger partial charge in [-0.3, -0.25) is 0 Å². The van der Waals surface area contributed by atoms with Gasteiger partial charge in [-0.05, 0) is 18.9 Å². The number of amides is 1. The van der Waals surface area contributed by atoms with Crippen LogP contribution in [-0.2, 0) is 0 Å². The molecule has 0 unspecified atom stereocenters. The van der Waals surface area contributed by atoms with Gasteiger partial charge in [0.15, 0.2) is 11.5 Å². The molecule has 0 fully saturated rings. The van der Waals surface area contributed by atoms with E-state index < -0.39 is 6.09 Å². The van der Waals surface area contributed by atoms with E-state index >= 15 is 0 Å². The lowest BCUT2D eigenvalue weighted by atomic mass is 10.1. The Labute approximate surface area is 148 Å². The maximum atomic E-state index is 11.8. The van der Waals surface area contributed by atoms with Crippen LogP contribution in [0.5, 0.6) is 23.0 Å². The Balaban J connectivity index is 2.69. The van der Waals surface area contributed by atoms with Gasteiger partial charge in [-0.25, -0.2) is 4.79 Å². The van der Waals surface area contributed by atoms with Crippen LogP contribution in [0.4, 0.5) is 4.79 Å². The zero-order chi connectivity index (χ0) is 18.2. The summed E-state index contributed by atoms with van der Waals surface area (Å²) in [5.41, 5.74) is 0. The molecule has 6 heteroatoms. The summed E-state index contributed by atoms with van der Waals surface area (Å²) in [5.74, 6) is 2.14. The molecule has 2 rings (SSSR count). The smallest absolute Gasteiger partial charge is 0.412 e. The minimum Gasteiger partial charge on any atom is -0.496 e. The first kappa shape index (κ1) is 18.7. The van der Waals surface area contributed by atoms with Crippen LogP contribution in [0, 0.1) is 0 Å². The van der Waals surface area contributed by atoms with Crippen molar-refractivity contribution in [3.05, 3.63) is 24.3 Å². The molecule has 0 saturated carbocycles. The van der Waals surface area contributed by atoms with E-state index in [2.05, 4.69) is 5.32 Å². The lowest BCUT2D eigenvalue weighted by Crippen LogP contribution is -2.22. The monoisotopic (exact) mass is 347 g/mol. The van der Waals surface area contributed by atoms with E-state index in [1.807, 2.05) is 32.0 Å². The van der Waals surface area contributed by atoms with Crippen LogP contribution >= 0.6 is 0 Å². The molecule has 25 heavy (non-hydrogen) atoms. The maximum absolute atomic E-state index is 11.8. The highest BCUT2D eigenvalue weighted by Crippen LogP contribution is 2.45. The Morgan fingerprint density at radius 1 is 1.04 bits per heavy atom. The molecule has 0 bridgehead atoms. The highest BCUT2D eigenvalue weighted by Gasteiger charge is 2.20. The van der Waals surface area contributed by atoms with Crippen molar-refractivity contribution in [2.75, 3.05) is 27.4 Å². The van der Waals surface area contributed by atoms with E-state index in [9.17, 15) is 4.79 Å². The van der Waals surface area contributed by atoms with Crippen molar-refractivity contribution in [3.63, 3.8) is 0 Å². The molecule has 2 aromatic carbocycles. The normalized spacial score (nSPS) is 10.4. The van der Waals surface area contributed by atoms with Gasteiger partial charge in [0.1, 0.15) is 11.5 Å². The first-order valence-corrected chi connectivity index (χ1v) is 8.45. The number of ether oxygens (including phenoxy) is 4. The van der Waals surface area contributed by atoms with Gasteiger partial charge in [-0.1, -0.05) is 26.0 Å². The molecule has 136 valence electrons. The summed E-state index contributed by atoms with van der Waals surface area (Å²) in [6, 6.07) is 7.27. The summed E-state index contributed by atoms with van der Waals surface area (Å²) in [4.78, 5) is 11.8. The van der Waals surface area contributed by atoms with E-state index in [4.69, 9.17) is 18.9 Å². The minimum absolute atomic E-state index is 0.363. The Bertz CT molecular complexity index is 729. The van der Waals surface area contributed by atoms with E-state index in [0.29, 0.717) is 41.6 Å². The quantitative estimate of drug-likeness (QED) is 0.777. The van der Waals surface area contributed by atoms with Gasteiger partial charge in [0.25, 0.3) is 0 Å². The summed E-state index contributed by atoms with van der Waals surface area (Å²) in [5, 5.41) is 3.90. The Morgan fingerprint density at radius 3 is 2.40 bits per heavy atom. The van der Waals surface area contributed by atoms with Gasteiger partial charge >= 0.3 is 6.09 Å². The largest absolute Gasteiger partial charge is 0.496 e. The average Bonchev–Trinajstić information content (AvgIpc) is 2.64. The number of hydrogen-bond acceptors (Lipinski definition) is 5. The van der Waals surface area contributed by atoms with E-state index in [1.54, 1.807) is 13.2 Å². The molecule has 0 aromatic heterocycles. The van der Waals surface area contributed by atoms with Gasteiger partial charge in [0.2, 0.25) is 0 Å². The summed E-state index contributed by atoms with van der Waals surface area (Å²) in [6.45, 7) is 5.17. The first-order valence-electron chi connectivity index (χ1n) is 8.45. The summed E-state index contributed by atoms with van der Waals surface area (Å²) < 4.78 is 22.7. The molecule has 1 amide bonds. The number of nitrogens with one attached hydrogen (secondary N) is 1. The van der Waals surface area contributed by atoms with Crippen LogP contribution < -0.4 is 24.3 Å². The number of methoxy groups -OCH3 is 1. The Kier molecular flexibility index (Phi) is 6.74. The van der Waals surface area contributed by atoms with Crippen LogP contribution in [0.3, 0.4) is 0 Å². The zero-order valence-corrected chi connectivity index (χ0v) is 15.2. The minimum atomic E-state index is -0.559. The van der Waals surface area contributed by atoms with Crippen LogP contribution in [0.1, 0.15) is 26.7 Å². The van der Waals surface area contributed by atoms with Gasteiger partial charge in [0.05, 0.1) is 25.7 Å². The summed E-state index contributed by atoms with van der Waals surface area (Å²) in [6.07, 6.45) is 1.17. The number of carbonyl (C=O) groups excluding carboxylic acids is 1. The molecule has 0 heterocycles. The average molecular weight is 347 g/mol. The van der Waals surface area contributed by atoms with Crippen molar-refractivity contribution < 1.29 is 23.7 Å². The number of hydrogen-bond donors (Lipinski definition) is 1. The molecule has 6 nitrogen and oxygen atoms in total. The number of carbonyl (C=O) groups is 1. The molecular formula is C19H25NO5. The molecular weight excluding hydrogens is 322 g/mol. The third kappa shape index (κ3) is 4.26. The third-order valence-electron chi connectivity index (χ3n) is 3.54. The van der Waals surface area contributed by atoms with Crippen molar-refractivity contribution in [2.24, 2.45) is 0 Å². The lowest BCUT2D eigenvalue weighted by molar-refractivity contribution is 0.203. The second-order valence-corrected chi connectivity index (χ2v) is 5.42.